The van der Waals surface area contributed by atoms with E-state index in [4.69, 9.17) is 5.73 Å². The van der Waals surface area contributed by atoms with Gasteiger partial charge in [-0.1, -0.05) is 26.0 Å². The first kappa shape index (κ1) is 26.4. The molecule has 0 saturated heterocycles. The Morgan fingerprint density at radius 3 is 2.49 bits per heavy atom. The van der Waals surface area contributed by atoms with Gasteiger partial charge in [0.05, 0.1) is 12.3 Å². The Morgan fingerprint density at radius 2 is 1.81 bits per heavy atom. The lowest BCUT2D eigenvalue weighted by Gasteiger charge is -2.22. The Kier molecular flexibility index (Phi) is 7.93. The maximum atomic E-state index is 13.3. The number of aliphatic imine (C=N–C) groups is 1. The van der Waals surface area contributed by atoms with Gasteiger partial charge in [0.2, 0.25) is 5.91 Å². The number of hydrogen-bond donors (Lipinski definition) is 2. The number of nitrogens with two attached hydrogens (primary N) is 1. The summed E-state index contributed by atoms with van der Waals surface area (Å²) in [5.74, 6) is 0.441. The second-order valence-corrected chi connectivity index (χ2v) is 9.74. The standard InChI is InChI=1S/C30H36N4O3/c1-5-9-33(10-6-2)29(36)24-16-26-19(3)13-22(17-27(26)32-28(31)18-24)21-7-8-25-23(15-21)14-20(4)34(11-12-35)30(25)37/h7-8,13-17,35H,5-6,9-12,18H2,1-4H3,(H2,31,32). The molecule has 0 spiro atoms. The summed E-state index contributed by atoms with van der Waals surface area (Å²) in [6.07, 6.45) is 4.08. The molecular weight excluding hydrogens is 464 g/mol. The van der Waals surface area contributed by atoms with Crippen molar-refractivity contribution < 1.29 is 9.90 Å². The first-order valence-electron chi connectivity index (χ1n) is 13.0. The number of hydrogen-bond acceptors (Lipinski definition) is 5. The predicted molar refractivity (Wildman–Crippen MR) is 151 cm³/mol. The number of nitrogens with zero attached hydrogens (tertiary/aromatic N) is 3. The fourth-order valence-electron chi connectivity index (χ4n) is 5.08. The van der Waals surface area contributed by atoms with Crippen molar-refractivity contribution in [3.05, 3.63) is 69.1 Å². The van der Waals surface area contributed by atoms with E-state index in [1.54, 1.807) is 4.57 Å². The smallest absolute Gasteiger partial charge is 0.258 e. The Hall–Kier alpha value is -3.71. The lowest BCUT2D eigenvalue weighted by Crippen LogP contribution is -2.34. The zero-order valence-corrected chi connectivity index (χ0v) is 22.2. The van der Waals surface area contributed by atoms with Crippen molar-refractivity contribution in [1.82, 2.24) is 9.47 Å². The first-order valence-corrected chi connectivity index (χ1v) is 13.0. The molecule has 2 heterocycles. The quantitative estimate of drug-likeness (QED) is 0.468. The molecule has 0 bridgehead atoms. The third-order valence-corrected chi connectivity index (χ3v) is 6.84. The highest BCUT2D eigenvalue weighted by Gasteiger charge is 2.22. The summed E-state index contributed by atoms with van der Waals surface area (Å²) in [6.45, 7) is 9.68. The molecule has 0 saturated carbocycles. The third-order valence-electron chi connectivity index (χ3n) is 6.84. The summed E-state index contributed by atoms with van der Waals surface area (Å²) in [5, 5.41) is 10.8. The van der Waals surface area contributed by atoms with Gasteiger partial charge < -0.3 is 20.3 Å². The molecule has 0 unspecified atom stereocenters. The van der Waals surface area contributed by atoms with Crippen LogP contribution in [-0.4, -0.2) is 46.0 Å². The van der Waals surface area contributed by atoms with Crippen LogP contribution in [0.1, 0.15) is 49.9 Å². The molecule has 1 amide bonds. The van der Waals surface area contributed by atoms with Crippen LogP contribution in [0.15, 0.2) is 51.8 Å². The highest BCUT2D eigenvalue weighted by atomic mass is 16.3. The number of benzene rings is 2. The molecule has 1 aliphatic rings. The molecule has 3 N–H and O–H groups in total. The number of aliphatic hydroxyl groups excluding tert-OH is 1. The zero-order chi connectivity index (χ0) is 26.7. The molecule has 1 aromatic heterocycles. The molecule has 3 aromatic rings. The summed E-state index contributed by atoms with van der Waals surface area (Å²) in [4.78, 5) is 32.8. The number of fused-ring (bicyclic) bond motifs is 2. The van der Waals surface area contributed by atoms with Crippen LogP contribution in [0.3, 0.4) is 0 Å². The SMILES string of the molecule is CCCN(CCC)C(=O)C1=Cc2c(C)cc(-c3ccc4c(=O)n(CCO)c(C)cc4c3)cc2N=C(N)C1. The number of carbonyl (C=O) groups excluding carboxylic acids is 1. The molecule has 4 rings (SSSR count). The predicted octanol–water partition coefficient (Wildman–Crippen LogP) is 4.70. The number of amides is 1. The minimum Gasteiger partial charge on any atom is -0.395 e. The fraction of sp³-hybridized carbons (Fsp3) is 0.367. The molecular formula is C30H36N4O3. The summed E-state index contributed by atoms with van der Waals surface area (Å²) >= 11 is 0. The summed E-state index contributed by atoms with van der Waals surface area (Å²) in [7, 11) is 0. The van der Waals surface area contributed by atoms with Crippen molar-refractivity contribution >= 4 is 34.3 Å². The van der Waals surface area contributed by atoms with Crippen molar-refractivity contribution in [3.63, 3.8) is 0 Å². The van der Waals surface area contributed by atoms with E-state index in [9.17, 15) is 14.7 Å². The molecule has 7 heteroatoms. The average molecular weight is 501 g/mol. The molecule has 0 radical (unpaired) electrons. The second kappa shape index (κ2) is 11.1. The van der Waals surface area contributed by atoms with Gasteiger partial charge in [0.1, 0.15) is 5.84 Å². The highest BCUT2D eigenvalue weighted by molar-refractivity contribution is 6.06. The van der Waals surface area contributed by atoms with Crippen molar-refractivity contribution in [2.75, 3.05) is 19.7 Å². The van der Waals surface area contributed by atoms with Crippen molar-refractivity contribution in [2.45, 2.75) is 53.5 Å². The number of rotatable bonds is 8. The zero-order valence-electron chi connectivity index (χ0n) is 22.2. The van der Waals surface area contributed by atoms with Gasteiger partial charge in [-0.05, 0) is 79.1 Å². The van der Waals surface area contributed by atoms with Crippen LogP contribution in [0.2, 0.25) is 0 Å². The lowest BCUT2D eigenvalue weighted by molar-refractivity contribution is -0.127. The van der Waals surface area contributed by atoms with Gasteiger partial charge in [0.25, 0.3) is 5.56 Å². The topological polar surface area (TPSA) is 101 Å². The van der Waals surface area contributed by atoms with Gasteiger partial charge in [0, 0.05) is 48.3 Å². The van der Waals surface area contributed by atoms with Crippen LogP contribution in [0, 0.1) is 13.8 Å². The van der Waals surface area contributed by atoms with E-state index in [1.807, 2.05) is 55.2 Å². The van der Waals surface area contributed by atoms with E-state index in [0.29, 0.717) is 23.2 Å². The Bertz CT molecular complexity index is 1460. The van der Waals surface area contributed by atoms with Crippen molar-refractivity contribution in [1.29, 1.82) is 0 Å². The van der Waals surface area contributed by atoms with Crippen LogP contribution in [0.5, 0.6) is 0 Å². The lowest BCUT2D eigenvalue weighted by atomic mass is 9.95. The molecule has 0 aliphatic carbocycles. The summed E-state index contributed by atoms with van der Waals surface area (Å²) in [6, 6.07) is 11.8. The van der Waals surface area contributed by atoms with Crippen LogP contribution in [-0.2, 0) is 11.3 Å². The average Bonchev–Trinajstić information content (AvgIpc) is 3.04. The minimum atomic E-state index is -0.103. The van der Waals surface area contributed by atoms with Crippen LogP contribution >= 0.6 is 0 Å². The maximum absolute atomic E-state index is 13.3. The van der Waals surface area contributed by atoms with Crippen molar-refractivity contribution in [3.8, 4) is 11.1 Å². The van der Waals surface area contributed by atoms with Gasteiger partial charge in [0.15, 0.2) is 0 Å². The van der Waals surface area contributed by atoms with Crippen molar-refractivity contribution in [2.24, 2.45) is 10.7 Å². The minimum absolute atomic E-state index is 0.0231. The molecule has 0 fully saturated rings. The molecule has 0 atom stereocenters. The molecule has 37 heavy (non-hydrogen) atoms. The largest absolute Gasteiger partial charge is 0.395 e. The summed E-state index contributed by atoms with van der Waals surface area (Å²) in [5.41, 5.74) is 12.2. The number of aryl methyl sites for hydroxylation is 2. The monoisotopic (exact) mass is 500 g/mol. The Labute approximate surface area is 217 Å². The molecule has 2 aromatic carbocycles. The maximum Gasteiger partial charge on any atom is 0.258 e. The first-order chi connectivity index (χ1) is 17.8. The second-order valence-electron chi connectivity index (χ2n) is 9.74. The number of carbonyl (C=O) groups is 1. The normalized spacial score (nSPS) is 13.1. The molecule has 7 nitrogen and oxygen atoms in total. The third kappa shape index (κ3) is 5.37. The number of pyridine rings is 1. The Balaban J connectivity index is 1.77. The van der Waals surface area contributed by atoms with Gasteiger partial charge in [-0.2, -0.15) is 0 Å². The highest BCUT2D eigenvalue weighted by Crippen LogP contribution is 2.35. The van der Waals surface area contributed by atoms with Gasteiger partial charge in [-0.3, -0.25) is 9.59 Å². The van der Waals surface area contributed by atoms with Gasteiger partial charge in [-0.15, -0.1) is 0 Å². The van der Waals surface area contributed by atoms with E-state index >= 15 is 0 Å². The van der Waals surface area contributed by atoms with Crippen LogP contribution in [0.4, 0.5) is 5.69 Å². The number of amidine groups is 1. The van der Waals surface area contributed by atoms with Crippen LogP contribution < -0.4 is 11.3 Å². The van der Waals surface area contributed by atoms with Gasteiger partial charge >= 0.3 is 0 Å². The number of aromatic nitrogens is 1. The van der Waals surface area contributed by atoms with E-state index in [-0.39, 0.29) is 24.6 Å². The number of aliphatic hydroxyl groups is 1. The van der Waals surface area contributed by atoms with Crippen LogP contribution in [0.25, 0.3) is 28.0 Å². The fourth-order valence-corrected chi connectivity index (χ4v) is 5.08. The van der Waals surface area contributed by atoms with Gasteiger partial charge in [-0.25, -0.2) is 4.99 Å². The van der Waals surface area contributed by atoms with E-state index < -0.39 is 0 Å². The Morgan fingerprint density at radius 1 is 1.08 bits per heavy atom. The van der Waals surface area contributed by atoms with E-state index in [2.05, 4.69) is 24.9 Å². The van der Waals surface area contributed by atoms with E-state index in [0.717, 1.165) is 65.0 Å². The van der Waals surface area contributed by atoms with E-state index in [1.165, 1.54) is 0 Å². The molecule has 1 aliphatic heterocycles. The summed E-state index contributed by atoms with van der Waals surface area (Å²) < 4.78 is 1.60. The molecule has 194 valence electrons.